The van der Waals surface area contributed by atoms with E-state index in [1.807, 2.05) is 0 Å². The van der Waals surface area contributed by atoms with Crippen LogP contribution in [0.25, 0.3) is 0 Å². The van der Waals surface area contributed by atoms with Crippen molar-refractivity contribution in [2.45, 2.75) is 19.3 Å². The van der Waals surface area contributed by atoms with E-state index in [9.17, 15) is 0 Å². The van der Waals surface area contributed by atoms with Gasteiger partial charge in [0.15, 0.2) is 0 Å². The molecule has 15 heavy (non-hydrogen) atoms. The third kappa shape index (κ3) is 2.32. The van der Waals surface area contributed by atoms with E-state index >= 15 is 0 Å². The molecule has 0 saturated heterocycles. The first-order valence-electron chi connectivity index (χ1n) is 5.82. The average molecular weight is 204 g/mol. The summed E-state index contributed by atoms with van der Waals surface area (Å²) >= 11 is 0. The number of nitrogens with one attached hydrogen (secondary N) is 1. The van der Waals surface area contributed by atoms with Gasteiger partial charge in [0.25, 0.3) is 0 Å². The molecule has 0 fully saturated rings. The number of nitrogens with zero attached hydrogens (tertiary/aromatic N) is 1. The van der Waals surface area contributed by atoms with Crippen LogP contribution in [0.2, 0.25) is 0 Å². The van der Waals surface area contributed by atoms with Gasteiger partial charge >= 0.3 is 0 Å². The molecule has 0 amide bonds. The van der Waals surface area contributed by atoms with Gasteiger partial charge in [-0.1, -0.05) is 25.1 Å². The van der Waals surface area contributed by atoms with Crippen molar-refractivity contribution in [1.82, 2.24) is 4.90 Å². The van der Waals surface area contributed by atoms with Crippen molar-refractivity contribution in [3.05, 3.63) is 29.8 Å². The lowest BCUT2D eigenvalue weighted by Gasteiger charge is -2.16. The van der Waals surface area contributed by atoms with E-state index in [-0.39, 0.29) is 0 Å². The molecule has 0 bridgehead atoms. The number of fused-ring (bicyclic) bond motifs is 1. The Morgan fingerprint density at radius 2 is 2.20 bits per heavy atom. The van der Waals surface area contributed by atoms with Gasteiger partial charge < -0.3 is 10.2 Å². The normalized spacial score (nSPS) is 19.0. The first-order valence-corrected chi connectivity index (χ1v) is 5.82. The van der Waals surface area contributed by atoms with Crippen LogP contribution in [0.3, 0.4) is 0 Å². The lowest BCUT2D eigenvalue weighted by molar-refractivity contribution is 0.337. The van der Waals surface area contributed by atoms with Crippen molar-refractivity contribution in [3.63, 3.8) is 0 Å². The predicted molar refractivity (Wildman–Crippen MR) is 65.5 cm³/mol. The Morgan fingerprint density at radius 1 is 1.40 bits per heavy atom. The molecule has 1 heterocycles. The Labute approximate surface area is 92.3 Å². The molecule has 2 rings (SSSR count). The summed E-state index contributed by atoms with van der Waals surface area (Å²) in [5, 5.41) is 3.47. The fourth-order valence-electron chi connectivity index (χ4n) is 2.15. The molecule has 1 N–H and O–H groups in total. The maximum absolute atomic E-state index is 3.47. The molecule has 1 atom stereocenters. The largest absolute Gasteiger partial charge is 0.384 e. The van der Waals surface area contributed by atoms with E-state index in [1.165, 1.54) is 24.2 Å². The van der Waals surface area contributed by atoms with Gasteiger partial charge in [-0.05, 0) is 38.2 Å². The van der Waals surface area contributed by atoms with Crippen LogP contribution in [0.15, 0.2) is 24.3 Å². The summed E-state index contributed by atoms with van der Waals surface area (Å²) in [6.45, 7) is 5.65. The van der Waals surface area contributed by atoms with Crippen LogP contribution >= 0.6 is 0 Å². The first kappa shape index (κ1) is 10.5. The summed E-state index contributed by atoms with van der Waals surface area (Å²) in [7, 11) is 2.19. The van der Waals surface area contributed by atoms with Crippen molar-refractivity contribution in [3.8, 4) is 0 Å². The molecule has 0 radical (unpaired) electrons. The molecule has 82 valence electrons. The van der Waals surface area contributed by atoms with E-state index in [0.717, 1.165) is 13.1 Å². The van der Waals surface area contributed by atoms with Crippen LogP contribution < -0.4 is 5.32 Å². The summed E-state index contributed by atoms with van der Waals surface area (Å²) in [6.07, 6.45) is 1.26. The molecule has 2 nitrogen and oxygen atoms in total. The molecule has 1 aromatic rings. The Bertz CT molecular complexity index is 322. The molecule has 0 aliphatic carbocycles. The average Bonchev–Trinajstić information content (AvgIpc) is 2.69. The topological polar surface area (TPSA) is 15.3 Å². The number of rotatable bonds is 4. The number of hydrogen-bond donors (Lipinski definition) is 1. The Morgan fingerprint density at radius 3 is 3.00 bits per heavy atom. The second-order valence-corrected chi connectivity index (χ2v) is 4.35. The first-order chi connectivity index (χ1) is 7.31. The van der Waals surface area contributed by atoms with Crippen molar-refractivity contribution in [2.75, 3.05) is 32.0 Å². The van der Waals surface area contributed by atoms with Gasteiger partial charge in [-0.25, -0.2) is 0 Å². The van der Waals surface area contributed by atoms with E-state index < -0.39 is 0 Å². The molecule has 0 spiro atoms. The van der Waals surface area contributed by atoms with E-state index in [4.69, 9.17) is 0 Å². The maximum Gasteiger partial charge on any atom is 0.0376 e. The van der Waals surface area contributed by atoms with E-state index in [1.54, 1.807) is 0 Å². The van der Waals surface area contributed by atoms with Crippen LogP contribution in [0.5, 0.6) is 0 Å². The van der Waals surface area contributed by atoms with Crippen molar-refractivity contribution < 1.29 is 0 Å². The molecular weight excluding hydrogens is 184 g/mol. The van der Waals surface area contributed by atoms with Crippen LogP contribution in [-0.2, 0) is 0 Å². The lowest BCUT2D eigenvalue weighted by Crippen LogP contribution is -2.21. The fraction of sp³-hybridized carbons (Fsp3) is 0.538. The minimum atomic E-state index is 0.704. The van der Waals surface area contributed by atoms with Crippen molar-refractivity contribution >= 4 is 5.69 Å². The van der Waals surface area contributed by atoms with Crippen LogP contribution in [0.1, 0.15) is 24.8 Å². The highest BCUT2D eigenvalue weighted by Gasteiger charge is 2.20. The van der Waals surface area contributed by atoms with Gasteiger partial charge in [-0.15, -0.1) is 0 Å². The minimum Gasteiger partial charge on any atom is -0.384 e. The molecular formula is C13H20N2. The Hall–Kier alpha value is -1.02. The second kappa shape index (κ2) is 4.67. The SMILES string of the molecule is CCN(C)CCC1CNc2ccccc21. The van der Waals surface area contributed by atoms with Gasteiger partial charge in [0.1, 0.15) is 0 Å². The van der Waals surface area contributed by atoms with Gasteiger partial charge in [-0.3, -0.25) is 0 Å². The summed E-state index contributed by atoms with van der Waals surface area (Å²) in [5.41, 5.74) is 2.84. The van der Waals surface area contributed by atoms with Gasteiger partial charge in [0.05, 0.1) is 0 Å². The number of para-hydroxylation sites is 1. The van der Waals surface area contributed by atoms with Crippen molar-refractivity contribution in [2.24, 2.45) is 0 Å². The van der Waals surface area contributed by atoms with E-state index in [0.29, 0.717) is 5.92 Å². The maximum atomic E-state index is 3.47. The van der Waals surface area contributed by atoms with Crippen molar-refractivity contribution in [1.29, 1.82) is 0 Å². The number of benzene rings is 1. The number of hydrogen-bond acceptors (Lipinski definition) is 2. The Kier molecular flexibility index (Phi) is 3.27. The zero-order chi connectivity index (χ0) is 10.7. The summed E-state index contributed by atoms with van der Waals surface area (Å²) in [6, 6.07) is 8.68. The minimum absolute atomic E-state index is 0.704. The highest BCUT2D eigenvalue weighted by molar-refractivity contribution is 5.57. The third-order valence-corrected chi connectivity index (χ3v) is 3.34. The number of anilines is 1. The Balaban J connectivity index is 1.96. The van der Waals surface area contributed by atoms with Gasteiger partial charge in [-0.2, -0.15) is 0 Å². The zero-order valence-electron chi connectivity index (χ0n) is 9.66. The monoisotopic (exact) mass is 204 g/mol. The molecule has 0 aromatic heterocycles. The quantitative estimate of drug-likeness (QED) is 0.810. The van der Waals surface area contributed by atoms with Crippen LogP contribution in [0.4, 0.5) is 5.69 Å². The highest BCUT2D eigenvalue weighted by Crippen LogP contribution is 2.32. The molecule has 0 saturated carbocycles. The van der Waals surface area contributed by atoms with E-state index in [2.05, 4.69) is 48.5 Å². The lowest BCUT2D eigenvalue weighted by atomic mass is 9.98. The van der Waals surface area contributed by atoms with Crippen LogP contribution in [-0.4, -0.2) is 31.6 Å². The highest BCUT2D eigenvalue weighted by atomic mass is 15.1. The summed E-state index contributed by atoms with van der Waals surface area (Å²) in [4.78, 5) is 2.38. The standard InChI is InChI=1S/C13H20N2/c1-3-15(2)9-8-11-10-14-13-7-5-4-6-12(11)13/h4-7,11,14H,3,8-10H2,1-2H3. The van der Waals surface area contributed by atoms with Gasteiger partial charge in [0, 0.05) is 18.2 Å². The molecule has 1 aliphatic rings. The zero-order valence-corrected chi connectivity index (χ0v) is 9.66. The van der Waals surface area contributed by atoms with Crippen LogP contribution in [0, 0.1) is 0 Å². The molecule has 1 unspecified atom stereocenters. The summed E-state index contributed by atoms with van der Waals surface area (Å²) in [5.74, 6) is 0.704. The second-order valence-electron chi connectivity index (χ2n) is 4.35. The predicted octanol–water partition coefficient (Wildman–Crippen LogP) is 2.54. The fourth-order valence-corrected chi connectivity index (χ4v) is 2.15. The smallest absolute Gasteiger partial charge is 0.0376 e. The summed E-state index contributed by atoms with van der Waals surface area (Å²) < 4.78 is 0. The third-order valence-electron chi connectivity index (χ3n) is 3.34. The molecule has 1 aromatic carbocycles. The van der Waals surface area contributed by atoms with Gasteiger partial charge in [0.2, 0.25) is 0 Å². The molecule has 2 heteroatoms. The molecule has 1 aliphatic heterocycles.